The lowest BCUT2D eigenvalue weighted by Crippen LogP contribution is -2.14. The van der Waals surface area contributed by atoms with Crippen LogP contribution in [0.2, 0.25) is 10.0 Å². The summed E-state index contributed by atoms with van der Waals surface area (Å²) in [7, 11) is 0. The maximum atomic E-state index is 13.3. The summed E-state index contributed by atoms with van der Waals surface area (Å²) in [6.45, 7) is 0. The second-order valence-corrected chi connectivity index (χ2v) is 4.28. The molecule has 1 aromatic heterocycles. The van der Waals surface area contributed by atoms with Gasteiger partial charge in [-0.05, 0) is 24.3 Å². The minimum atomic E-state index is -0.694. The molecular formula is C12H7Cl2FN2O. The summed E-state index contributed by atoms with van der Waals surface area (Å²) in [5.74, 6) is -1.29. The van der Waals surface area contributed by atoms with E-state index in [0.717, 1.165) is 6.20 Å². The molecule has 0 aliphatic heterocycles. The average molecular weight is 285 g/mol. The number of halogens is 3. The molecule has 0 atom stereocenters. The van der Waals surface area contributed by atoms with Gasteiger partial charge in [0.05, 0.1) is 22.5 Å². The first kappa shape index (κ1) is 12.8. The Morgan fingerprint density at radius 3 is 2.72 bits per heavy atom. The smallest absolute Gasteiger partial charge is 0.258 e. The molecule has 1 aromatic carbocycles. The third-order valence-corrected chi connectivity index (χ3v) is 2.74. The van der Waals surface area contributed by atoms with Gasteiger partial charge in [-0.1, -0.05) is 23.2 Å². The molecule has 0 radical (unpaired) electrons. The highest BCUT2D eigenvalue weighted by molar-refractivity contribution is 6.36. The fourth-order valence-corrected chi connectivity index (χ4v) is 1.80. The van der Waals surface area contributed by atoms with Crippen LogP contribution in [0.15, 0.2) is 36.7 Å². The SMILES string of the molecule is O=C(Nc1ccc(Cl)cc1Cl)c1ccncc1F. The molecule has 1 heterocycles. The van der Waals surface area contributed by atoms with Crippen molar-refractivity contribution in [2.45, 2.75) is 0 Å². The normalized spacial score (nSPS) is 10.2. The third-order valence-electron chi connectivity index (χ3n) is 2.20. The van der Waals surface area contributed by atoms with Crippen LogP contribution in [0.4, 0.5) is 10.1 Å². The zero-order valence-electron chi connectivity index (χ0n) is 8.95. The van der Waals surface area contributed by atoms with Gasteiger partial charge in [-0.25, -0.2) is 4.39 Å². The predicted octanol–water partition coefficient (Wildman–Crippen LogP) is 3.78. The summed E-state index contributed by atoms with van der Waals surface area (Å²) in [5.41, 5.74) is 0.262. The lowest BCUT2D eigenvalue weighted by Gasteiger charge is -2.07. The number of hydrogen-bond acceptors (Lipinski definition) is 2. The van der Waals surface area contributed by atoms with Crippen LogP contribution >= 0.6 is 23.2 Å². The summed E-state index contributed by atoms with van der Waals surface area (Å²) >= 11 is 11.6. The molecule has 0 unspecified atom stereocenters. The summed E-state index contributed by atoms with van der Waals surface area (Å²) in [5, 5.41) is 3.23. The molecule has 0 aliphatic rings. The number of rotatable bonds is 2. The van der Waals surface area contributed by atoms with Gasteiger partial charge in [0.15, 0.2) is 5.82 Å². The van der Waals surface area contributed by atoms with E-state index in [1.807, 2.05) is 0 Å². The molecule has 0 spiro atoms. The van der Waals surface area contributed by atoms with Gasteiger partial charge in [-0.3, -0.25) is 9.78 Å². The molecular weight excluding hydrogens is 278 g/mol. The highest BCUT2D eigenvalue weighted by atomic mass is 35.5. The molecule has 1 amide bonds. The van der Waals surface area contributed by atoms with E-state index in [0.29, 0.717) is 10.7 Å². The van der Waals surface area contributed by atoms with E-state index in [4.69, 9.17) is 23.2 Å². The lowest BCUT2D eigenvalue weighted by molar-refractivity contribution is 0.102. The first-order valence-electron chi connectivity index (χ1n) is 4.94. The molecule has 0 bridgehead atoms. The minimum absolute atomic E-state index is 0.101. The second kappa shape index (κ2) is 5.33. The molecule has 92 valence electrons. The highest BCUT2D eigenvalue weighted by Gasteiger charge is 2.12. The van der Waals surface area contributed by atoms with E-state index in [2.05, 4.69) is 10.3 Å². The lowest BCUT2D eigenvalue weighted by atomic mass is 10.2. The molecule has 6 heteroatoms. The summed E-state index contributed by atoms with van der Waals surface area (Å²) in [6.07, 6.45) is 2.31. The Hall–Kier alpha value is -1.65. The number of nitrogens with one attached hydrogen (secondary N) is 1. The van der Waals surface area contributed by atoms with Crippen LogP contribution in [0, 0.1) is 5.82 Å². The molecule has 1 N–H and O–H groups in total. The van der Waals surface area contributed by atoms with Crippen molar-refractivity contribution >= 4 is 34.8 Å². The van der Waals surface area contributed by atoms with Crippen molar-refractivity contribution in [1.82, 2.24) is 4.98 Å². The number of pyridine rings is 1. The molecule has 18 heavy (non-hydrogen) atoms. The van der Waals surface area contributed by atoms with Gasteiger partial charge in [-0.2, -0.15) is 0 Å². The van der Waals surface area contributed by atoms with Gasteiger partial charge in [0.25, 0.3) is 5.91 Å². The molecule has 0 aliphatic carbocycles. The number of amides is 1. The molecule has 3 nitrogen and oxygen atoms in total. The average Bonchev–Trinajstić information content (AvgIpc) is 2.33. The van der Waals surface area contributed by atoms with Gasteiger partial charge < -0.3 is 5.32 Å². The van der Waals surface area contributed by atoms with Crippen LogP contribution in [0.5, 0.6) is 0 Å². The van der Waals surface area contributed by atoms with Crippen LogP contribution in [-0.2, 0) is 0 Å². The molecule has 0 saturated carbocycles. The van der Waals surface area contributed by atoms with Crippen molar-refractivity contribution in [2.75, 3.05) is 5.32 Å². The summed E-state index contributed by atoms with van der Waals surface area (Å²) < 4.78 is 13.3. The first-order valence-corrected chi connectivity index (χ1v) is 5.69. The molecule has 2 rings (SSSR count). The van der Waals surface area contributed by atoms with Crippen LogP contribution in [0.25, 0.3) is 0 Å². The van der Waals surface area contributed by atoms with Crippen molar-refractivity contribution in [1.29, 1.82) is 0 Å². The van der Waals surface area contributed by atoms with Crippen molar-refractivity contribution in [3.8, 4) is 0 Å². The summed E-state index contributed by atoms with van der Waals surface area (Å²) in [4.78, 5) is 15.4. The zero-order valence-corrected chi connectivity index (χ0v) is 10.5. The Bertz CT molecular complexity index is 604. The number of benzene rings is 1. The van der Waals surface area contributed by atoms with E-state index in [-0.39, 0.29) is 10.6 Å². The Labute approximate surface area is 113 Å². The number of carbonyl (C=O) groups excluding carboxylic acids is 1. The van der Waals surface area contributed by atoms with E-state index in [1.165, 1.54) is 18.3 Å². The van der Waals surface area contributed by atoms with Gasteiger partial charge >= 0.3 is 0 Å². The van der Waals surface area contributed by atoms with Crippen molar-refractivity contribution < 1.29 is 9.18 Å². The van der Waals surface area contributed by atoms with Gasteiger partial charge in [-0.15, -0.1) is 0 Å². The van der Waals surface area contributed by atoms with Crippen molar-refractivity contribution in [2.24, 2.45) is 0 Å². The minimum Gasteiger partial charge on any atom is -0.321 e. The number of carbonyl (C=O) groups is 1. The number of anilines is 1. The fraction of sp³-hybridized carbons (Fsp3) is 0. The maximum Gasteiger partial charge on any atom is 0.258 e. The standard InChI is InChI=1S/C12H7Cl2FN2O/c13-7-1-2-11(9(14)5-7)17-12(18)8-3-4-16-6-10(8)15/h1-6H,(H,17,18). The van der Waals surface area contributed by atoms with Gasteiger partial charge in [0.2, 0.25) is 0 Å². The third kappa shape index (κ3) is 2.78. The second-order valence-electron chi connectivity index (χ2n) is 3.43. The number of nitrogens with zero attached hydrogens (tertiary/aromatic N) is 1. The molecule has 2 aromatic rings. The Morgan fingerprint density at radius 1 is 1.28 bits per heavy atom. The zero-order chi connectivity index (χ0) is 13.1. The largest absolute Gasteiger partial charge is 0.321 e. The van der Waals surface area contributed by atoms with E-state index in [1.54, 1.807) is 12.1 Å². The van der Waals surface area contributed by atoms with Crippen LogP contribution < -0.4 is 5.32 Å². The van der Waals surface area contributed by atoms with Crippen molar-refractivity contribution in [3.05, 3.63) is 58.1 Å². The van der Waals surface area contributed by atoms with E-state index < -0.39 is 11.7 Å². The topological polar surface area (TPSA) is 42.0 Å². The van der Waals surface area contributed by atoms with Crippen molar-refractivity contribution in [3.63, 3.8) is 0 Å². The molecule has 0 saturated heterocycles. The van der Waals surface area contributed by atoms with Crippen LogP contribution in [0.1, 0.15) is 10.4 Å². The number of hydrogen-bond donors (Lipinski definition) is 1. The highest BCUT2D eigenvalue weighted by Crippen LogP contribution is 2.25. The van der Waals surface area contributed by atoms with Gasteiger partial charge in [0, 0.05) is 11.2 Å². The predicted molar refractivity (Wildman–Crippen MR) is 68.6 cm³/mol. The van der Waals surface area contributed by atoms with E-state index >= 15 is 0 Å². The van der Waals surface area contributed by atoms with E-state index in [9.17, 15) is 9.18 Å². The van der Waals surface area contributed by atoms with Gasteiger partial charge in [0.1, 0.15) is 0 Å². The Balaban J connectivity index is 2.24. The Kier molecular flexibility index (Phi) is 3.79. The quantitative estimate of drug-likeness (QED) is 0.912. The number of aromatic nitrogens is 1. The van der Waals surface area contributed by atoms with Crippen LogP contribution in [0.3, 0.4) is 0 Å². The van der Waals surface area contributed by atoms with Crippen LogP contribution in [-0.4, -0.2) is 10.9 Å². The monoisotopic (exact) mass is 284 g/mol. The maximum absolute atomic E-state index is 13.3. The molecule has 0 fully saturated rings. The fourth-order valence-electron chi connectivity index (χ4n) is 1.34. The Morgan fingerprint density at radius 2 is 2.06 bits per heavy atom. The summed E-state index contributed by atoms with van der Waals surface area (Å²) in [6, 6.07) is 5.89. The first-order chi connectivity index (χ1) is 8.58.